The van der Waals surface area contributed by atoms with Gasteiger partial charge in [-0.15, -0.1) is 11.6 Å². The summed E-state index contributed by atoms with van der Waals surface area (Å²) in [6, 6.07) is 0.552. The summed E-state index contributed by atoms with van der Waals surface area (Å²) >= 11 is 6.40. The molecule has 3 rings (SSSR count). The van der Waals surface area contributed by atoms with Crippen LogP contribution in [-0.2, 0) is 0 Å². The van der Waals surface area contributed by atoms with Gasteiger partial charge in [-0.3, -0.25) is 4.79 Å². The van der Waals surface area contributed by atoms with Crippen molar-refractivity contribution in [2.75, 3.05) is 5.32 Å². The van der Waals surface area contributed by atoms with E-state index < -0.39 is 0 Å². The van der Waals surface area contributed by atoms with Crippen LogP contribution in [0.1, 0.15) is 51.0 Å². The Morgan fingerprint density at radius 3 is 2.79 bits per heavy atom. The largest absolute Gasteiger partial charge is 0.361 e. The van der Waals surface area contributed by atoms with Crippen LogP contribution >= 0.6 is 11.6 Å². The molecule has 2 saturated carbocycles. The van der Waals surface area contributed by atoms with Crippen molar-refractivity contribution in [1.29, 1.82) is 0 Å². The van der Waals surface area contributed by atoms with Gasteiger partial charge < -0.3 is 9.88 Å². The first kappa shape index (κ1) is 13.0. The highest BCUT2D eigenvalue weighted by molar-refractivity contribution is 6.21. The standard InChI is InChI=1S/C14H20ClN3O/c15-11-4-2-1-3-5-12(11)17-13-14(19)18(9-8-16-13)10-6-7-10/h8-12H,1-7H2,(H,16,17). The van der Waals surface area contributed by atoms with E-state index in [2.05, 4.69) is 10.3 Å². The fraction of sp³-hybridized carbons (Fsp3) is 0.714. The van der Waals surface area contributed by atoms with Crippen molar-refractivity contribution in [3.63, 3.8) is 0 Å². The monoisotopic (exact) mass is 281 g/mol. The number of rotatable bonds is 3. The summed E-state index contributed by atoms with van der Waals surface area (Å²) in [5.41, 5.74) is -0.00175. The van der Waals surface area contributed by atoms with Gasteiger partial charge in [0.2, 0.25) is 0 Å². The van der Waals surface area contributed by atoms with E-state index in [1.807, 2.05) is 0 Å². The number of aromatic nitrogens is 2. The average molecular weight is 282 g/mol. The Morgan fingerprint density at radius 2 is 2.00 bits per heavy atom. The molecule has 0 saturated heterocycles. The molecule has 2 aliphatic rings. The lowest BCUT2D eigenvalue weighted by molar-refractivity contribution is 0.618. The Hall–Kier alpha value is -1.03. The molecule has 2 atom stereocenters. The first-order valence-corrected chi connectivity index (χ1v) is 7.67. The lowest BCUT2D eigenvalue weighted by Crippen LogP contribution is -2.33. The Labute approximate surface area is 118 Å². The minimum atomic E-state index is -0.00175. The number of hydrogen-bond donors (Lipinski definition) is 1. The van der Waals surface area contributed by atoms with E-state index in [9.17, 15) is 4.79 Å². The smallest absolute Gasteiger partial charge is 0.293 e. The molecular formula is C14H20ClN3O. The topological polar surface area (TPSA) is 46.9 Å². The molecule has 19 heavy (non-hydrogen) atoms. The van der Waals surface area contributed by atoms with Crippen LogP contribution in [0, 0.1) is 0 Å². The van der Waals surface area contributed by atoms with E-state index in [1.165, 1.54) is 19.3 Å². The van der Waals surface area contributed by atoms with Crippen molar-refractivity contribution in [3.05, 3.63) is 22.7 Å². The summed E-state index contributed by atoms with van der Waals surface area (Å²) in [5, 5.41) is 3.38. The number of anilines is 1. The third kappa shape index (κ3) is 2.94. The zero-order valence-electron chi connectivity index (χ0n) is 11.0. The first-order chi connectivity index (χ1) is 9.25. The minimum Gasteiger partial charge on any atom is -0.361 e. The van der Waals surface area contributed by atoms with Crippen LogP contribution in [0.5, 0.6) is 0 Å². The van der Waals surface area contributed by atoms with Gasteiger partial charge >= 0.3 is 0 Å². The Morgan fingerprint density at radius 1 is 1.21 bits per heavy atom. The molecule has 4 nitrogen and oxygen atoms in total. The van der Waals surface area contributed by atoms with Crippen LogP contribution in [0.4, 0.5) is 5.82 Å². The summed E-state index contributed by atoms with van der Waals surface area (Å²) in [6.45, 7) is 0. The highest BCUT2D eigenvalue weighted by atomic mass is 35.5. The maximum atomic E-state index is 12.3. The molecule has 2 aliphatic carbocycles. The molecule has 0 spiro atoms. The van der Waals surface area contributed by atoms with Gasteiger partial charge in [0.1, 0.15) is 0 Å². The molecule has 1 aromatic rings. The van der Waals surface area contributed by atoms with E-state index >= 15 is 0 Å². The van der Waals surface area contributed by atoms with Gasteiger partial charge in [-0.1, -0.05) is 19.3 Å². The van der Waals surface area contributed by atoms with Gasteiger partial charge in [0, 0.05) is 24.5 Å². The van der Waals surface area contributed by atoms with Gasteiger partial charge in [-0.2, -0.15) is 0 Å². The second-order valence-corrected chi connectivity index (χ2v) is 6.18. The van der Waals surface area contributed by atoms with Crippen LogP contribution in [0.25, 0.3) is 0 Å². The van der Waals surface area contributed by atoms with Gasteiger partial charge in [-0.05, 0) is 25.7 Å². The molecule has 1 heterocycles. The number of halogens is 1. The molecule has 0 aliphatic heterocycles. The predicted molar refractivity (Wildman–Crippen MR) is 76.9 cm³/mol. The average Bonchev–Trinajstić information content (AvgIpc) is 3.22. The SMILES string of the molecule is O=c1c(NC2CCCCCC2Cl)nccn1C1CC1. The highest BCUT2D eigenvalue weighted by Gasteiger charge is 2.27. The Kier molecular flexibility index (Phi) is 3.78. The van der Waals surface area contributed by atoms with Crippen molar-refractivity contribution >= 4 is 17.4 Å². The van der Waals surface area contributed by atoms with Gasteiger partial charge in [0.05, 0.1) is 5.38 Å². The van der Waals surface area contributed by atoms with Crippen LogP contribution < -0.4 is 10.9 Å². The highest BCUT2D eigenvalue weighted by Crippen LogP contribution is 2.33. The van der Waals surface area contributed by atoms with Gasteiger partial charge in [0.25, 0.3) is 5.56 Å². The second kappa shape index (κ2) is 5.53. The van der Waals surface area contributed by atoms with Crippen molar-refractivity contribution < 1.29 is 0 Å². The summed E-state index contributed by atoms with van der Waals surface area (Å²) in [7, 11) is 0. The third-order valence-electron chi connectivity index (χ3n) is 4.06. The molecule has 0 bridgehead atoms. The zero-order chi connectivity index (χ0) is 13.2. The van der Waals surface area contributed by atoms with E-state index in [0.29, 0.717) is 11.9 Å². The normalized spacial score (nSPS) is 27.8. The fourth-order valence-corrected chi connectivity index (χ4v) is 3.11. The van der Waals surface area contributed by atoms with Crippen molar-refractivity contribution in [2.45, 2.75) is 62.4 Å². The second-order valence-electron chi connectivity index (χ2n) is 5.62. The minimum absolute atomic E-state index is 0.00175. The maximum Gasteiger partial charge on any atom is 0.293 e. The molecule has 104 valence electrons. The summed E-state index contributed by atoms with van der Waals surface area (Å²) in [6.07, 6.45) is 11.3. The number of nitrogens with one attached hydrogen (secondary N) is 1. The molecule has 1 N–H and O–H groups in total. The first-order valence-electron chi connectivity index (χ1n) is 7.23. The molecule has 5 heteroatoms. The van der Waals surface area contributed by atoms with E-state index in [4.69, 9.17) is 11.6 Å². The molecule has 1 aromatic heterocycles. The molecule has 0 amide bonds. The van der Waals surface area contributed by atoms with E-state index in [1.54, 1.807) is 17.0 Å². The van der Waals surface area contributed by atoms with E-state index in [0.717, 1.165) is 25.7 Å². The van der Waals surface area contributed by atoms with Crippen molar-refractivity contribution in [2.24, 2.45) is 0 Å². The maximum absolute atomic E-state index is 12.3. The predicted octanol–water partition coefficient (Wildman–Crippen LogP) is 2.93. The van der Waals surface area contributed by atoms with E-state index in [-0.39, 0.29) is 17.0 Å². The molecule has 0 radical (unpaired) electrons. The fourth-order valence-electron chi connectivity index (χ4n) is 2.76. The summed E-state index contributed by atoms with van der Waals surface area (Å²) < 4.78 is 1.80. The van der Waals surface area contributed by atoms with Crippen LogP contribution in [-0.4, -0.2) is 21.0 Å². The van der Waals surface area contributed by atoms with Crippen molar-refractivity contribution in [3.8, 4) is 0 Å². The number of alkyl halides is 1. The number of hydrogen-bond acceptors (Lipinski definition) is 3. The van der Waals surface area contributed by atoms with Gasteiger partial charge in [0.15, 0.2) is 5.82 Å². The van der Waals surface area contributed by atoms with Crippen molar-refractivity contribution in [1.82, 2.24) is 9.55 Å². The van der Waals surface area contributed by atoms with Gasteiger partial charge in [-0.25, -0.2) is 4.98 Å². The number of nitrogens with zero attached hydrogens (tertiary/aromatic N) is 2. The summed E-state index contributed by atoms with van der Waals surface area (Å²) in [4.78, 5) is 16.5. The Balaban J connectivity index is 1.78. The van der Waals surface area contributed by atoms with Crippen LogP contribution in [0.2, 0.25) is 0 Å². The molecule has 2 fully saturated rings. The van der Waals surface area contributed by atoms with Crippen LogP contribution in [0.15, 0.2) is 17.2 Å². The molecule has 2 unspecified atom stereocenters. The Bertz CT molecular complexity index is 498. The third-order valence-corrected chi connectivity index (χ3v) is 4.58. The lowest BCUT2D eigenvalue weighted by Gasteiger charge is -2.21. The van der Waals surface area contributed by atoms with Crippen LogP contribution in [0.3, 0.4) is 0 Å². The quantitative estimate of drug-likeness (QED) is 0.684. The zero-order valence-corrected chi connectivity index (χ0v) is 11.8. The lowest BCUT2D eigenvalue weighted by atomic mass is 10.1. The molecule has 0 aromatic carbocycles. The molecular weight excluding hydrogens is 262 g/mol. The summed E-state index contributed by atoms with van der Waals surface area (Å²) in [5.74, 6) is 0.465.